The first-order valence-electron chi connectivity index (χ1n) is 31.7. The van der Waals surface area contributed by atoms with Gasteiger partial charge in [0.15, 0.2) is 31.3 Å². The Labute approximate surface area is 570 Å². The Hall–Kier alpha value is -7.12. The van der Waals surface area contributed by atoms with Crippen LogP contribution in [0.25, 0.3) is 0 Å². The van der Waals surface area contributed by atoms with Crippen molar-refractivity contribution in [3.05, 3.63) is 0 Å². The summed E-state index contributed by atoms with van der Waals surface area (Å²) in [6, 6.07) is -14.5. The molecule has 0 radical (unpaired) electrons. The van der Waals surface area contributed by atoms with Crippen LogP contribution in [0.4, 0.5) is 0 Å². The van der Waals surface area contributed by atoms with Crippen LogP contribution < -0.4 is 59.7 Å². The number of rotatable bonds is 38. The molecule has 27 atom stereocenters. The number of hydrogen-bond acceptors (Lipinski definition) is 31. The molecule has 43 nitrogen and oxygen atoms in total. The van der Waals surface area contributed by atoms with Gasteiger partial charge in [-0.1, -0.05) is 0 Å². The van der Waals surface area contributed by atoms with Gasteiger partial charge in [0.2, 0.25) is 53.2 Å². The molecule has 43 heteroatoms. The van der Waals surface area contributed by atoms with Crippen molar-refractivity contribution in [2.75, 3.05) is 33.0 Å². The van der Waals surface area contributed by atoms with Crippen LogP contribution in [0.15, 0.2) is 0 Å². The smallest absolute Gasteiger partial charge is 0.332 e. The van der Waals surface area contributed by atoms with Crippen molar-refractivity contribution in [1.82, 2.24) is 42.5 Å². The second-order valence-electron chi connectivity index (χ2n) is 24.2. The third-order valence-electron chi connectivity index (χ3n) is 16.3. The predicted molar refractivity (Wildman–Crippen MR) is 327 cm³/mol. The monoisotopic (exact) mass is 1450 g/mol. The fraction of sp³-hybridized carbons (Fsp3) is 0.789. The standard InChI is InChI=1S/C57H95N11O32/c1-19(48(82)68-27(47(60)81)11-12-33(76)67-28(50(84)63-20(2)51(85)86)10-8-9-13-61-34(77)14-26(58)53(89)90)62-49(83)21(3)92-46-38(66-25(7)75)57(97-32(18-72)44(46)100-55-36(64-23(5)73)40(79)39(78)29(15-69)95-55)98-42-30(16-70)96-56(37(41(42)80)65-24(6)74)99-43-31(17-71)94-54(91)35(59)45(43)93-22(4)52(87)88/h19-22,26-32,35-46,54-57,69-72,78-80,91H,8-18,58-59H2,1-7H3,(H2,60,81)(H,61,77)(H,62,83)(H,63,84)(H,64,73)(H,65,74)(H,66,75)(H,67,76)(H,68,82)(H,85,86)(H,87,88)(H,89,90). The molecular weight excluding hydrogens is 1350 g/mol. The molecule has 0 aromatic carbocycles. The van der Waals surface area contributed by atoms with E-state index in [1.807, 2.05) is 0 Å². The van der Waals surface area contributed by atoms with Gasteiger partial charge in [-0.05, 0) is 53.4 Å². The van der Waals surface area contributed by atoms with Crippen LogP contribution in [0.5, 0.6) is 0 Å². The van der Waals surface area contributed by atoms with Gasteiger partial charge < -0.3 is 159 Å². The van der Waals surface area contributed by atoms with Gasteiger partial charge >= 0.3 is 17.9 Å². The number of carboxylic acids is 3. The fourth-order valence-corrected chi connectivity index (χ4v) is 10.9. The van der Waals surface area contributed by atoms with E-state index < -0.39 is 282 Å². The second kappa shape index (κ2) is 39.9. The highest BCUT2D eigenvalue weighted by Gasteiger charge is 2.57. The predicted octanol–water partition coefficient (Wildman–Crippen LogP) is -12.0. The van der Waals surface area contributed by atoms with E-state index in [0.29, 0.717) is 0 Å². The van der Waals surface area contributed by atoms with Crippen LogP contribution in [-0.4, -0.2) is 325 Å². The molecule has 0 spiro atoms. The Kier molecular flexibility index (Phi) is 34.0. The number of nitrogens with one attached hydrogen (secondary N) is 8. The number of primary amides is 1. The average Bonchev–Trinajstić information content (AvgIpc) is 0.764. The van der Waals surface area contributed by atoms with Crippen molar-refractivity contribution in [3.63, 3.8) is 0 Å². The van der Waals surface area contributed by atoms with E-state index in [2.05, 4.69) is 42.5 Å². The lowest BCUT2D eigenvalue weighted by Crippen LogP contribution is -2.72. The number of unbranched alkanes of at least 4 members (excludes halogenated alkanes) is 1. The summed E-state index contributed by atoms with van der Waals surface area (Å²) in [6.45, 7) is 3.38. The Morgan fingerprint density at radius 3 is 1.48 bits per heavy atom. The van der Waals surface area contributed by atoms with Gasteiger partial charge in [-0.15, -0.1) is 0 Å². The normalized spacial score (nSPS) is 31.9. The first-order chi connectivity index (χ1) is 46.9. The van der Waals surface area contributed by atoms with E-state index >= 15 is 0 Å². The first-order valence-corrected chi connectivity index (χ1v) is 31.7. The molecule has 4 saturated heterocycles. The number of aliphatic hydroxyl groups is 8. The molecule has 0 bridgehead atoms. The van der Waals surface area contributed by atoms with Crippen molar-refractivity contribution in [1.29, 1.82) is 0 Å². The van der Waals surface area contributed by atoms with E-state index in [4.69, 9.17) is 64.9 Å². The summed E-state index contributed by atoms with van der Waals surface area (Å²) in [6.07, 6.45) is -34.5. The van der Waals surface area contributed by atoms with Crippen molar-refractivity contribution in [2.24, 2.45) is 17.2 Å². The Morgan fingerprint density at radius 1 is 0.480 bits per heavy atom. The molecule has 0 aromatic heterocycles. The van der Waals surface area contributed by atoms with Gasteiger partial charge in [0.1, 0.15) is 128 Å². The molecule has 27 unspecified atom stereocenters. The van der Waals surface area contributed by atoms with Crippen molar-refractivity contribution >= 4 is 71.1 Å². The maximum absolute atomic E-state index is 14.3. The van der Waals surface area contributed by atoms with E-state index in [9.17, 15) is 109 Å². The molecule has 4 aliphatic heterocycles. The van der Waals surface area contributed by atoms with Crippen LogP contribution in [0, 0.1) is 0 Å². The molecule has 4 rings (SSSR count). The number of nitrogens with two attached hydrogens (primary N) is 3. The first kappa shape index (κ1) is 85.3. The largest absolute Gasteiger partial charge is 0.480 e. The van der Waals surface area contributed by atoms with Crippen molar-refractivity contribution < 1.29 is 156 Å². The summed E-state index contributed by atoms with van der Waals surface area (Å²) in [4.78, 5) is 153. The van der Waals surface area contributed by atoms with Gasteiger partial charge in [-0.3, -0.25) is 52.7 Å². The molecule has 4 fully saturated rings. The number of hydrogen-bond donors (Lipinski definition) is 22. The van der Waals surface area contributed by atoms with Crippen molar-refractivity contribution in [3.8, 4) is 0 Å². The van der Waals surface area contributed by atoms with Crippen LogP contribution in [-0.2, 0) is 100 Å². The average molecular weight is 1450 g/mol. The quantitative estimate of drug-likeness (QED) is 0.0255. The maximum Gasteiger partial charge on any atom is 0.332 e. The Bertz CT molecular complexity index is 2800. The Morgan fingerprint density at radius 2 is 0.960 bits per heavy atom. The number of ether oxygens (including phenoxy) is 9. The molecule has 4 heterocycles. The fourth-order valence-electron chi connectivity index (χ4n) is 10.9. The highest BCUT2D eigenvalue weighted by Crippen LogP contribution is 2.36. The van der Waals surface area contributed by atoms with Gasteiger partial charge in [-0.25, -0.2) is 4.79 Å². The molecule has 0 aromatic rings. The summed E-state index contributed by atoms with van der Waals surface area (Å²) in [5.41, 5.74) is 17.2. The molecule has 25 N–H and O–H groups in total. The van der Waals surface area contributed by atoms with Crippen LogP contribution in [0.3, 0.4) is 0 Å². The summed E-state index contributed by atoms with van der Waals surface area (Å²) >= 11 is 0. The molecule has 0 saturated carbocycles. The minimum atomic E-state index is -2.12. The van der Waals surface area contributed by atoms with E-state index in [-0.39, 0.29) is 25.8 Å². The summed E-state index contributed by atoms with van der Waals surface area (Å²) in [7, 11) is 0. The highest BCUT2D eigenvalue weighted by atomic mass is 16.8. The summed E-state index contributed by atoms with van der Waals surface area (Å²) in [5, 5.41) is 135. The second-order valence-corrected chi connectivity index (χ2v) is 24.2. The van der Waals surface area contributed by atoms with Gasteiger partial charge in [0.25, 0.3) is 0 Å². The lowest BCUT2D eigenvalue weighted by molar-refractivity contribution is -0.365. The highest BCUT2D eigenvalue weighted by molar-refractivity contribution is 5.93. The molecule has 4 aliphatic rings. The van der Waals surface area contributed by atoms with E-state index in [1.165, 1.54) is 0 Å². The SMILES string of the molecule is CC(=O)NC1C(OC2C(CO)OC(OC3C(CO)OC(OC4C(CO)OC(O)C(N)C4OC(C)C(=O)O)C(NC(C)=O)C3O)C(NC(C)=O)C2OC(C)C(=O)NC(C)C(=O)NC(CCC(=O)NC(CCCCNC(=O)CC(N)C(=O)O)C(=O)NC(C)C(=O)O)C(N)=O)OC(CO)C(O)C1O. The van der Waals surface area contributed by atoms with Gasteiger partial charge in [-0.2, -0.15) is 0 Å². The lowest BCUT2D eigenvalue weighted by atomic mass is 9.93. The van der Waals surface area contributed by atoms with E-state index in [0.717, 1.165) is 48.5 Å². The van der Waals surface area contributed by atoms with Crippen LogP contribution in [0.1, 0.15) is 87.0 Å². The Balaban J connectivity index is 1.65. The minimum absolute atomic E-state index is 0.000538. The number of carboxylic acid groups (broad SMARTS) is 3. The number of carbonyl (C=O) groups excluding carboxylic acids is 9. The summed E-state index contributed by atoms with van der Waals surface area (Å²) < 4.78 is 54.3. The van der Waals surface area contributed by atoms with Gasteiger partial charge in [0.05, 0.1) is 38.9 Å². The number of carbonyl (C=O) groups is 12. The zero-order chi connectivity index (χ0) is 75.3. The number of amides is 9. The van der Waals surface area contributed by atoms with Crippen LogP contribution in [0.2, 0.25) is 0 Å². The summed E-state index contributed by atoms with van der Waals surface area (Å²) in [5.74, 6) is -12.9. The van der Waals surface area contributed by atoms with Crippen LogP contribution >= 0.6 is 0 Å². The molecule has 100 heavy (non-hydrogen) atoms. The molecular formula is C57H95N11O32. The zero-order valence-electron chi connectivity index (χ0n) is 55.6. The number of aliphatic hydroxyl groups excluding tert-OH is 8. The maximum atomic E-state index is 14.3. The lowest BCUT2D eigenvalue weighted by Gasteiger charge is -2.51. The minimum Gasteiger partial charge on any atom is -0.480 e. The topological polar surface area (TPSA) is 685 Å². The third kappa shape index (κ3) is 24.3. The molecule has 9 amide bonds. The van der Waals surface area contributed by atoms with E-state index in [1.54, 1.807) is 0 Å². The van der Waals surface area contributed by atoms with Gasteiger partial charge in [0, 0.05) is 33.7 Å². The molecule has 0 aliphatic carbocycles. The van der Waals surface area contributed by atoms with Crippen molar-refractivity contribution in [2.45, 2.75) is 252 Å². The number of aliphatic carboxylic acids is 3. The zero-order valence-corrected chi connectivity index (χ0v) is 55.6. The third-order valence-corrected chi connectivity index (χ3v) is 16.3. The molecule has 570 valence electrons.